The first-order chi connectivity index (χ1) is 12.8. The maximum atomic E-state index is 13.5. The van der Waals surface area contributed by atoms with Gasteiger partial charge in [0.2, 0.25) is 5.91 Å². The van der Waals surface area contributed by atoms with Crippen LogP contribution in [-0.4, -0.2) is 53.9 Å². The van der Waals surface area contributed by atoms with Gasteiger partial charge in [-0.3, -0.25) is 4.79 Å². The molecule has 1 fully saturated rings. The number of carbonyl (C=O) groups excluding carboxylic acids is 1. The fourth-order valence-electron chi connectivity index (χ4n) is 3.25. The number of imidazole rings is 1. The Kier molecular flexibility index (Phi) is 5.20. The summed E-state index contributed by atoms with van der Waals surface area (Å²) in [6, 6.07) is 5.85. The molecule has 0 spiro atoms. The van der Waals surface area contributed by atoms with Crippen LogP contribution in [0.3, 0.4) is 0 Å². The highest BCUT2D eigenvalue weighted by Gasteiger charge is 2.44. The molecule has 1 amide bonds. The molecule has 8 nitrogen and oxygen atoms in total. The highest BCUT2D eigenvalue weighted by molar-refractivity contribution is 7.89. The molecule has 0 atom stereocenters. The number of anilines is 1. The van der Waals surface area contributed by atoms with Crippen molar-refractivity contribution in [3.63, 3.8) is 0 Å². The summed E-state index contributed by atoms with van der Waals surface area (Å²) in [4.78, 5) is 16.5. The van der Waals surface area contributed by atoms with Gasteiger partial charge in [0.25, 0.3) is 10.0 Å². The van der Waals surface area contributed by atoms with Gasteiger partial charge in [-0.25, -0.2) is 17.8 Å². The Balaban J connectivity index is 1.81. The van der Waals surface area contributed by atoms with Gasteiger partial charge in [0.15, 0.2) is 5.03 Å². The number of benzene rings is 1. The number of hydrogen-bond donors (Lipinski definition) is 2. The maximum absolute atomic E-state index is 13.5. The average molecular weight is 395 g/mol. The lowest BCUT2D eigenvalue weighted by Crippen LogP contribution is -2.58. The second-order valence-corrected chi connectivity index (χ2v) is 8.46. The van der Waals surface area contributed by atoms with Gasteiger partial charge >= 0.3 is 0 Å². The van der Waals surface area contributed by atoms with Crippen LogP contribution in [-0.2, 0) is 21.9 Å². The number of nitrogens with one attached hydrogen (secondary N) is 2. The molecular formula is C17H22FN5O3S. The Hall–Kier alpha value is -2.46. The number of amides is 1. The molecule has 1 aliphatic rings. The number of halogens is 1. The molecule has 0 unspecified atom stereocenters. The number of likely N-dealkylation sites (N-methyl/N-ethyl adjacent to an activating group) is 1. The van der Waals surface area contributed by atoms with Crippen molar-refractivity contribution < 1.29 is 17.6 Å². The number of nitrogens with zero attached hydrogens (tertiary/aromatic N) is 3. The van der Waals surface area contributed by atoms with Crippen molar-refractivity contribution in [2.45, 2.75) is 23.4 Å². The van der Waals surface area contributed by atoms with E-state index in [0.29, 0.717) is 5.69 Å². The summed E-state index contributed by atoms with van der Waals surface area (Å²) in [5, 5.41) is 5.71. The predicted molar refractivity (Wildman–Crippen MR) is 98.0 cm³/mol. The van der Waals surface area contributed by atoms with Gasteiger partial charge < -0.3 is 15.2 Å². The third-order valence-electron chi connectivity index (χ3n) is 4.73. The van der Waals surface area contributed by atoms with Gasteiger partial charge in [-0.1, -0.05) is 6.07 Å². The van der Waals surface area contributed by atoms with Crippen LogP contribution < -0.4 is 10.6 Å². The van der Waals surface area contributed by atoms with Crippen LogP contribution in [0, 0.1) is 5.82 Å². The van der Waals surface area contributed by atoms with E-state index in [0.717, 1.165) is 0 Å². The number of sulfonamides is 1. The van der Waals surface area contributed by atoms with Crippen molar-refractivity contribution in [1.29, 1.82) is 0 Å². The van der Waals surface area contributed by atoms with Crippen LogP contribution in [0.2, 0.25) is 0 Å². The van der Waals surface area contributed by atoms with Gasteiger partial charge in [-0.15, -0.1) is 0 Å². The molecule has 3 rings (SSSR count). The van der Waals surface area contributed by atoms with Gasteiger partial charge in [0.1, 0.15) is 11.4 Å². The molecule has 146 valence electrons. The normalized spacial score (nSPS) is 17.4. The lowest BCUT2D eigenvalue weighted by molar-refractivity contribution is -0.126. The second-order valence-electron chi connectivity index (χ2n) is 6.58. The Morgan fingerprint density at radius 2 is 2.00 bits per heavy atom. The van der Waals surface area contributed by atoms with Crippen molar-refractivity contribution in [2.75, 3.05) is 25.5 Å². The molecule has 1 aliphatic heterocycles. The first-order valence-corrected chi connectivity index (χ1v) is 9.95. The van der Waals surface area contributed by atoms with Crippen molar-refractivity contribution in [1.82, 2.24) is 19.2 Å². The van der Waals surface area contributed by atoms with E-state index in [1.54, 1.807) is 23.7 Å². The number of carbonyl (C=O) groups is 1. The minimum atomic E-state index is -3.72. The summed E-state index contributed by atoms with van der Waals surface area (Å²) in [5.41, 5.74) is -0.543. The highest BCUT2D eigenvalue weighted by atomic mass is 32.2. The molecule has 2 aromatic rings. The van der Waals surface area contributed by atoms with E-state index in [2.05, 4.69) is 15.6 Å². The van der Waals surface area contributed by atoms with E-state index < -0.39 is 21.4 Å². The first-order valence-electron chi connectivity index (χ1n) is 8.51. The summed E-state index contributed by atoms with van der Waals surface area (Å²) < 4.78 is 41.9. The molecule has 1 aromatic heterocycles. The minimum absolute atomic E-state index is 0.0180. The quantitative estimate of drug-likeness (QED) is 0.786. The van der Waals surface area contributed by atoms with Crippen molar-refractivity contribution in [2.24, 2.45) is 7.05 Å². The minimum Gasteiger partial charge on any atom is -0.371 e. The lowest BCUT2D eigenvalue weighted by atomic mass is 9.87. The van der Waals surface area contributed by atoms with Crippen LogP contribution in [0.25, 0.3) is 0 Å². The number of hydrogen-bond acceptors (Lipinski definition) is 5. The third-order valence-corrected chi connectivity index (χ3v) is 6.52. The highest BCUT2D eigenvalue weighted by Crippen LogP contribution is 2.30. The van der Waals surface area contributed by atoms with E-state index in [1.807, 2.05) is 0 Å². The smallest absolute Gasteiger partial charge is 0.262 e. The summed E-state index contributed by atoms with van der Waals surface area (Å²) in [6.45, 7) is 0.295. The number of rotatable bonds is 5. The van der Waals surface area contributed by atoms with Crippen molar-refractivity contribution in [3.8, 4) is 0 Å². The van der Waals surface area contributed by atoms with Crippen molar-refractivity contribution >= 4 is 21.6 Å². The molecule has 2 heterocycles. The van der Waals surface area contributed by atoms with Gasteiger partial charge in [-0.2, -0.15) is 4.31 Å². The topological polar surface area (TPSA) is 96.3 Å². The van der Waals surface area contributed by atoms with E-state index in [-0.39, 0.29) is 36.9 Å². The summed E-state index contributed by atoms with van der Waals surface area (Å²) in [7, 11) is -0.503. The molecule has 10 heteroatoms. The fraction of sp³-hybridized carbons (Fsp3) is 0.412. The lowest BCUT2D eigenvalue weighted by Gasteiger charge is -2.40. The molecule has 0 radical (unpaired) electrons. The number of aromatic nitrogens is 2. The molecule has 2 N–H and O–H groups in total. The van der Waals surface area contributed by atoms with Crippen molar-refractivity contribution in [3.05, 3.63) is 42.6 Å². The van der Waals surface area contributed by atoms with Crippen LogP contribution in [0.5, 0.6) is 0 Å². The summed E-state index contributed by atoms with van der Waals surface area (Å²) in [6.07, 6.45) is 3.36. The fourth-order valence-corrected chi connectivity index (χ4v) is 4.66. The Labute approximate surface area is 157 Å². The van der Waals surface area contributed by atoms with E-state index in [4.69, 9.17) is 0 Å². The molecule has 1 saturated heterocycles. The Morgan fingerprint density at radius 1 is 1.30 bits per heavy atom. The summed E-state index contributed by atoms with van der Waals surface area (Å²) >= 11 is 0. The van der Waals surface area contributed by atoms with Crippen LogP contribution in [0.1, 0.15) is 12.8 Å². The second kappa shape index (κ2) is 7.28. The molecule has 1 aromatic carbocycles. The molecule has 0 saturated carbocycles. The first kappa shape index (κ1) is 19.3. The largest absolute Gasteiger partial charge is 0.371 e. The third kappa shape index (κ3) is 3.81. The summed E-state index contributed by atoms with van der Waals surface area (Å²) in [5.74, 6) is -0.677. The predicted octanol–water partition coefficient (Wildman–Crippen LogP) is 0.941. The zero-order chi connectivity index (χ0) is 19.7. The molecular weight excluding hydrogens is 373 g/mol. The number of piperidine rings is 1. The standard InChI is InChI=1S/C17H22FN5O3S/c1-19-16(24)17(21-14-5-3-4-13(18)10-14)6-8-23(9-7-17)27(25,26)15-11-22(2)12-20-15/h3-5,10-12,21H,6-9H2,1-2H3,(H,19,24). The zero-order valence-electron chi connectivity index (χ0n) is 15.1. The Morgan fingerprint density at radius 3 is 2.56 bits per heavy atom. The van der Waals surface area contributed by atoms with E-state index >= 15 is 0 Å². The SMILES string of the molecule is CNC(=O)C1(Nc2cccc(F)c2)CCN(S(=O)(=O)c2cn(C)cn2)CC1. The molecule has 0 aliphatic carbocycles. The molecule has 27 heavy (non-hydrogen) atoms. The Bertz CT molecular complexity index is 936. The van der Waals surface area contributed by atoms with Crippen LogP contribution in [0.15, 0.2) is 41.8 Å². The van der Waals surface area contributed by atoms with E-state index in [1.165, 1.54) is 36.0 Å². The maximum Gasteiger partial charge on any atom is 0.262 e. The van der Waals surface area contributed by atoms with Gasteiger partial charge in [0, 0.05) is 39.1 Å². The molecule has 0 bridgehead atoms. The van der Waals surface area contributed by atoms with Crippen LogP contribution >= 0.6 is 0 Å². The zero-order valence-corrected chi connectivity index (χ0v) is 16.0. The number of aryl methyl sites for hydroxylation is 1. The van der Waals surface area contributed by atoms with Crippen LogP contribution in [0.4, 0.5) is 10.1 Å². The van der Waals surface area contributed by atoms with Gasteiger partial charge in [0.05, 0.1) is 6.33 Å². The monoisotopic (exact) mass is 395 g/mol. The average Bonchev–Trinajstić information content (AvgIpc) is 3.08. The van der Waals surface area contributed by atoms with Gasteiger partial charge in [-0.05, 0) is 31.0 Å². The van der Waals surface area contributed by atoms with E-state index in [9.17, 15) is 17.6 Å².